The minimum absolute atomic E-state index is 0.0805. The smallest absolute Gasteiger partial charge is 0.203 e. The maximum atomic E-state index is 9.74. The van der Waals surface area contributed by atoms with Gasteiger partial charge in [-0.1, -0.05) is 5.16 Å². The fourth-order valence-corrected chi connectivity index (χ4v) is 2.87. The van der Waals surface area contributed by atoms with Gasteiger partial charge in [0.05, 0.1) is 34.2 Å². The summed E-state index contributed by atoms with van der Waals surface area (Å²) in [5.74, 6) is 2.12. The lowest BCUT2D eigenvalue weighted by Crippen LogP contribution is -2.04. The number of benzene rings is 2. The molecule has 1 atom stereocenters. The van der Waals surface area contributed by atoms with Crippen LogP contribution in [0.5, 0.6) is 28.7 Å². The Hall–Kier alpha value is -3.09. The summed E-state index contributed by atoms with van der Waals surface area (Å²) in [7, 11) is 6.21. The van der Waals surface area contributed by atoms with Gasteiger partial charge in [-0.15, -0.1) is 0 Å². The maximum absolute atomic E-state index is 9.74. The monoisotopic (exact) mass is 359 g/mol. The van der Waals surface area contributed by atoms with Crippen LogP contribution in [0, 0.1) is 0 Å². The zero-order valence-electron chi connectivity index (χ0n) is 15.1. The molecule has 26 heavy (non-hydrogen) atoms. The van der Waals surface area contributed by atoms with Gasteiger partial charge < -0.3 is 28.9 Å². The van der Waals surface area contributed by atoms with Crippen LogP contribution in [0.3, 0.4) is 0 Å². The highest BCUT2D eigenvalue weighted by atomic mass is 16.6. The molecule has 1 aliphatic rings. The molecule has 1 unspecified atom stereocenters. The van der Waals surface area contributed by atoms with Gasteiger partial charge in [-0.3, -0.25) is 0 Å². The van der Waals surface area contributed by atoms with E-state index in [-0.39, 0.29) is 11.9 Å². The Kier molecular flexibility index (Phi) is 5.06. The minimum atomic E-state index is -0.279. The van der Waals surface area contributed by atoms with Crippen molar-refractivity contribution in [1.29, 1.82) is 0 Å². The lowest BCUT2D eigenvalue weighted by molar-refractivity contribution is 0.0853. The van der Waals surface area contributed by atoms with Crippen LogP contribution < -0.4 is 18.9 Å². The van der Waals surface area contributed by atoms with Crippen molar-refractivity contribution in [3.05, 3.63) is 41.5 Å². The van der Waals surface area contributed by atoms with Crippen molar-refractivity contribution in [3.63, 3.8) is 0 Å². The van der Waals surface area contributed by atoms with E-state index in [1.54, 1.807) is 39.5 Å². The van der Waals surface area contributed by atoms with Crippen LogP contribution in [0.4, 0.5) is 0 Å². The van der Waals surface area contributed by atoms with Gasteiger partial charge in [0, 0.05) is 17.5 Å². The Labute approximate surface area is 151 Å². The highest BCUT2D eigenvalue weighted by molar-refractivity contribution is 6.01. The Morgan fingerprint density at radius 3 is 2.15 bits per heavy atom. The number of methoxy groups -OCH3 is 4. The van der Waals surface area contributed by atoms with Gasteiger partial charge in [0.15, 0.2) is 29.1 Å². The second-order valence-corrected chi connectivity index (χ2v) is 5.68. The number of hydrogen-bond acceptors (Lipinski definition) is 7. The zero-order valence-corrected chi connectivity index (χ0v) is 15.1. The fourth-order valence-electron chi connectivity index (χ4n) is 2.87. The Bertz CT molecular complexity index is 808. The third-order valence-electron chi connectivity index (χ3n) is 4.24. The molecule has 2 aromatic carbocycles. The van der Waals surface area contributed by atoms with E-state index in [0.29, 0.717) is 29.4 Å². The molecule has 7 heteroatoms. The van der Waals surface area contributed by atoms with E-state index in [9.17, 15) is 5.11 Å². The van der Waals surface area contributed by atoms with Crippen molar-refractivity contribution in [3.8, 4) is 28.7 Å². The average molecular weight is 359 g/mol. The van der Waals surface area contributed by atoms with Crippen LogP contribution in [0.15, 0.2) is 35.5 Å². The molecule has 0 fully saturated rings. The van der Waals surface area contributed by atoms with Gasteiger partial charge >= 0.3 is 0 Å². The van der Waals surface area contributed by atoms with E-state index in [2.05, 4.69) is 5.16 Å². The normalized spacial score (nSPS) is 15.8. The molecule has 0 spiro atoms. The number of ether oxygens (including phenoxy) is 4. The Balaban J connectivity index is 1.86. The molecule has 3 rings (SSSR count). The highest BCUT2D eigenvalue weighted by Crippen LogP contribution is 2.42. The first-order valence-electron chi connectivity index (χ1n) is 8.01. The minimum Gasteiger partial charge on any atom is -0.504 e. The summed E-state index contributed by atoms with van der Waals surface area (Å²) in [5.41, 5.74) is 2.46. The number of phenolic OH excluding ortho intramolecular Hbond substituents is 1. The van der Waals surface area contributed by atoms with E-state index < -0.39 is 0 Å². The summed E-state index contributed by atoms with van der Waals surface area (Å²) in [5, 5.41) is 13.9. The predicted molar refractivity (Wildman–Crippen MR) is 95.7 cm³/mol. The van der Waals surface area contributed by atoms with Crippen LogP contribution in [0.1, 0.15) is 23.7 Å². The van der Waals surface area contributed by atoms with Crippen molar-refractivity contribution in [2.75, 3.05) is 28.4 Å². The summed E-state index contributed by atoms with van der Waals surface area (Å²) in [6.45, 7) is 0. The molecule has 0 amide bonds. The van der Waals surface area contributed by atoms with Crippen LogP contribution in [-0.2, 0) is 4.84 Å². The molecule has 0 aliphatic carbocycles. The molecule has 0 radical (unpaired) electrons. The van der Waals surface area contributed by atoms with E-state index >= 15 is 0 Å². The van der Waals surface area contributed by atoms with Crippen LogP contribution in [0.2, 0.25) is 0 Å². The summed E-state index contributed by atoms with van der Waals surface area (Å²) in [6, 6.07) is 8.78. The quantitative estimate of drug-likeness (QED) is 0.853. The second-order valence-electron chi connectivity index (χ2n) is 5.68. The number of rotatable bonds is 6. The Morgan fingerprint density at radius 1 is 0.923 bits per heavy atom. The second kappa shape index (κ2) is 7.43. The van der Waals surface area contributed by atoms with Crippen molar-refractivity contribution in [2.45, 2.75) is 12.5 Å². The first-order chi connectivity index (χ1) is 12.6. The zero-order chi connectivity index (χ0) is 18.7. The van der Waals surface area contributed by atoms with E-state index in [0.717, 1.165) is 16.8 Å². The van der Waals surface area contributed by atoms with Gasteiger partial charge in [-0.25, -0.2) is 0 Å². The molecule has 2 aromatic rings. The highest BCUT2D eigenvalue weighted by Gasteiger charge is 2.27. The van der Waals surface area contributed by atoms with Crippen LogP contribution in [0.25, 0.3) is 0 Å². The lowest BCUT2D eigenvalue weighted by Gasteiger charge is -2.16. The number of aromatic hydroxyl groups is 1. The summed E-state index contributed by atoms with van der Waals surface area (Å²) < 4.78 is 21.3. The number of oxime groups is 1. The molecule has 7 nitrogen and oxygen atoms in total. The third-order valence-corrected chi connectivity index (χ3v) is 4.24. The van der Waals surface area contributed by atoms with Crippen molar-refractivity contribution >= 4 is 5.71 Å². The molecular weight excluding hydrogens is 338 g/mol. The van der Waals surface area contributed by atoms with E-state index in [1.807, 2.05) is 12.1 Å². The summed E-state index contributed by atoms with van der Waals surface area (Å²) in [4.78, 5) is 5.62. The average Bonchev–Trinajstić information content (AvgIpc) is 3.17. The molecule has 1 N–H and O–H groups in total. The largest absolute Gasteiger partial charge is 0.504 e. The number of hydrogen-bond donors (Lipinski definition) is 1. The van der Waals surface area contributed by atoms with E-state index in [4.69, 9.17) is 23.8 Å². The van der Waals surface area contributed by atoms with Gasteiger partial charge in [0.2, 0.25) is 5.75 Å². The molecule has 1 aliphatic heterocycles. The topological polar surface area (TPSA) is 78.7 Å². The molecule has 0 saturated carbocycles. The molecule has 0 bridgehead atoms. The molecular formula is C19H21NO6. The lowest BCUT2D eigenvalue weighted by atomic mass is 9.99. The van der Waals surface area contributed by atoms with Crippen molar-refractivity contribution in [1.82, 2.24) is 0 Å². The standard InChI is InChI=1S/C19H21NO6/c1-22-16-7-11(5-6-14(16)21)13-10-15(26-20-13)12-8-17(23-2)19(25-4)18(9-12)24-3/h5-9,15,21H,10H2,1-4H3. The molecule has 0 saturated heterocycles. The predicted octanol–water partition coefficient (Wildman–Crippen LogP) is 3.29. The van der Waals surface area contributed by atoms with E-state index in [1.165, 1.54) is 7.11 Å². The Morgan fingerprint density at radius 2 is 1.58 bits per heavy atom. The van der Waals surface area contributed by atoms with Gasteiger partial charge in [0.25, 0.3) is 0 Å². The SMILES string of the molecule is COc1cc(C2=NOC(c3cc(OC)c(OC)c(OC)c3)C2)ccc1O. The fraction of sp³-hybridized carbons (Fsp3) is 0.316. The van der Waals surface area contributed by atoms with Crippen molar-refractivity contribution < 1.29 is 28.9 Å². The van der Waals surface area contributed by atoms with Crippen LogP contribution in [-0.4, -0.2) is 39.3 Å². The molecule has 138 valence electrons. The molecule has 0 aromatic heterocycles. The number of phenols is 1. The van der Waals surface area contributed by atoms with Crippen LogP contribution >= 0.6 is 0 Å². The third kappa shape index (κ3) is 3.20. The van der Waals surface area contributed by atoms with Gasteiger partial charge in [-0.2, -0.15) is 0 Å². The first-order valence-corrected chi connectivity index (χ1v) is 8.01. The van der Waals surface area contributed by atoms with Gasteiger partial charge in [0.1, 0.15) is 0 Å². The van der Waals surface area contributed by atoms with Gasteiger partial charge in [-0.05, 0) is 30.3 Å². The summed E-state index contributed by atoms with van der Waals surface area (Å²) in [6.07, 6.45) is 0.283. The number of nitrogens with zero attached hydrogens (tertiary/aromatic N) is 1. The summed E-state index contributed by atoms with van der Waals surface area (Å²) >= 11 is 0. The maximum Gasteiger partial charge on any atom is 0.203 e. The van der Waals surface area contributed by atoms with Crippen molar-refractivity contribution in [2.24, 2.45) is 5.16 Å². The first kappa shape index (κ1) is 17.7. The molecule has 1 heterocycles.